The lowest BCUT2D eigenvalue weighted by molar-refractivity contribution is -0.129. The molecule has 0 aliphatic carbocycles. The zero-order valence-corrected chi connectivity index (χ0v) is 13.1. The van der Waals surface area contributed by atoms with Gasteiger partial charge in [0.15, 0.2) is 6.29 Å². The van der Waals surface area contributed by atoms with Crippen molar-refractivity contribution in [3.05, 3.63) is 28.2 Å². The molecule has 0 aromatic heterocycles. The maximum Gasteiger partial charge on any atom is 0.242 e. The number of halogens is 1. The van der Waals surface area contributed by atoms with Crippen LogP contribution in [0.25, 0.3) is 0 Å². The standard InChI is InChI=1S/C14H19BrN2O2/c1-4-17(5-2)14(19)9-16(3)12-7-6-11(10-18)13(15)8-12/h6-8,10H,4-5,9H2,1-3H3. The Labute approximate surface area is 122 Å². The molecule has 5 heteroatoms. The Bertz CT molecular complexity index is 459. The number of hydrogen-bond donors (Lipinski definition) is 0. The summed E-state index contributed by atoms with van der Waals surface area (Å²) in [5, 5.41) is 0. The van der Waals surface area contributed by atoms with Crippen molar-refractivity contribution in [2.75, 3.05) is 31.6 Å². The molecule has 4 nitrogen and oxygen atoms in total. The van der Waals surface area contributed by atoms with Crippen LogP contribution >= 0.6 is 15.9 Å². The summed E-state index contributed by atoms with van der Waals surface area (Å²) in [5.41, 5.74) is 1.50. The minimum Gasteiger partial charge on any atom is -0.365 e. The summed E-state index contributed by atoms with van der Waals surface area (Å²) in [5.74, 6) is 0.100. The number of benzene rings is 1. The molecule has 0 unspecified atom stereocenters. The Morgan fingerprint density at radius 1 is 1.32 bits per heavy atom. The van der Waals surface area contributed by atoms with E-state index in [1.807, 2.05) is 37.9 Å². The van der Waals surface area contributed by atoms with Gasteiger partial charge in [0.1, 0.15) is 0 Å². The third-order valence-electron chi connectivity index (χ3n) is 3.04. The van der Waals surface area contributed by atoms with Crippen molar-refractivity contribution in [3.63, 3.8) is 0 Å². The molecule has 0 aliphatic rings. The first-order valence-electron chi connectivity index (χ1n) is 6.27. The maximum atomic E-state index is 12.0. The molecule has 1 aromatic rings. The van der Waals surface area contributed by atoms with Gasteiger partial charge in [-0.3, -0.25) is 9.59 Å². The van der Waals surface area contributed by atoms with Gasteiger partial charge in [-0.1, -0.05) is 0 Å². The van der Waals surface area contributed by atoms with Gasteiger partial charge in [-0.2, -0.15) is 0 Å². The highest BCUT2D eigenvalue weighted by Gasteiger charge is 2.13. The second-order valence-electron chi connectivity index (χ2n) is 4.25. The number of hydrogen-bond acceptors (Lipinski definition) is 3. The van der Waals surface area contributed by atoms with Crippen LogP contribution in [0.5, 0.6) is 0 Å². The molecule has 0 bridgehead atoms. The molecule has 0 heterocycles. The molecule has 0 fully saturated rings. The summed E-state index contributed by atoms with van der Waals surface area (Å²) in [4.78, 5) is 26.4. The Hall–Kier alpha value is -1.36. The van der Waals surface area contributed by atoms with Gasteiger partial charge in [0, 0.05) is 35.9 Å². The largest absolute Gasteiger partial charge is 0.365 e. The van der Waals surface area contributed by atoms with E-state index in [1.54, 1.807) is 11.0 Å². The number of carbonyl (C=O) groups excluding carboxylic acids is 2. The topological polar surface area (TPSA) is 40.6 Å². The average molecular weight is 327 g/mol. The molecule has 0 spiro atoms. The number of likely N-dealkylation sites (N-methyl/N-ethyl adjacent to an activating group) is 2. The minimum atomic E-state index is 0.100. The second-order valence-corrected chi connectivity index (χ2v) is 5.10. The molecule has 104 valence electrons. The van der Waals surface area contributed by atoms with Crippen LogP contribution in [0.15, 0.2) is 22.7 Å². The van der Waals surface area contributed by atoms with Crippen LogP contribution in [0.3, 0.4) is 0 Å². The number of rotatable bonds is 6. The average Bonchev–Trinajstić information content (AvgIpc) is 2.39. The van der Waals surface area contributed by atoms with Gasteiger partial charge >= 0.3 is 0 Å². The Morgan fingerprint density at radius 2 is 1.95 bits per heavy atom. The van der Waals surface area contributed by atoms with Crippen LogP contribution in [0.1, 0.15) is 24.2 Å². The molecular weight excluding hydrogens is 308 g/mol. The molecule has 0 saturated heterocycles. The second kappa shape index (κ2) is 7.28. The first kappa shape index (κ1) is 15.7. The van der Waals surface area contributed by atoms with Gasteiger partial charge in [0.25, 0.3) is 0 Å². The summed E-state index contributed by atoms with van der Waals surface area (Å²) >= 11 is 3.34. The lowest BCUT2D eigenvalue weighted by atomic mass is 10.2. The van der Waals surface area contributed by atoms with Gasteiger partial charge in [0.05, 0.1) is 6.54 Å². The van der Waals surface area contributed by atoms with Gasteiger partial charge in [-0.05, 0) is 48.0 Å². The monoisotopic (exact) mass is 326 g/mol. The lowest BCUT2D eigenvalue weighted by Gasteiger charge is -2.24. The van der Waals surface area contributed by atoms with Crippen LogP contribution in [-0.4, -0.2) is 43.8 Å². The van der Waals surface area contributed by atoms with Crippen molar-refractivity contribution in [2.24, 2.45) is 0 Å². The predicted molar refractivity (Wildman–Crippen MR) is 80.7 cm³/mol. The minimum absolute atomic E-state index is 0.100. The third-order valence-corrected chi connectivity index (χ3v) is 3.73. The predicted octanol–water partition coefficient (Wildman–Crippen LogP) is 2.57. The first-order chi connectivity index (χ1) is 9.03. The van der Waals surface area contributed by atoms with Crippen LogP contribution < -0.4 is 4.90 Å². The summed E-state index contributed by atoms with van der Waals surface area (Å²) < 4.78 is 0.738. The summed E-state index contributed by atoms with van der Waals surface area (Å²) in [7, 11) is 1.86. The number of carbonyl (C=O) groups is 2. The van der Waals surface area contributed by atoms with Crippen molar-refractivity contribution >= 4 is 33.8 Å². The zero-order valence-electron chi connectivity index (χ0n) is 11.5. The maximum absolute atomic E-state index is 12.0. The molecule has 1 amide bonds. The fourth-order valence-corrected chi connectivity index (χ4v) is 2.28. The third kappa shape index (κ3) is 4.06. The number of amides is 1. The molecule has 1 rings (SSSR count). The quantitative estimate of drug-likeness (QED) is 0.754. The Morgan fingerprint density at radius 3 is 2.42 bits per heavy atom. The van der Waals surface area contributed by atoms with E-state index in [-0.39, 0.29) is 5.91 Å². The molecule has 0 atom stereocenters. The van der Waals surface area contributed by atoms with Crippen molar-refractivity contribution in [2.45, 2.75) is 13.8 Å². The molecule has 0 aliphatic heterocycles. The van der Waals surface area contributed by atoms with Crippen LogP contribution in [0.4, 0.5) is 5.69 Å². The fourth-order valence-electron chi connectivity index (χ4n) is 1.82. The Balaban J connectivity index is 2.78. The van der Waals surface area contributed by atoms with E-state index in [9.17, 15) is 9.59 Å². The van der Waals surface area contributed by atoms with Crippen LogP contribution in [0, 0.1) is 0 Å². The van der Waals surface area contributed by atoms with Gasteiger partial charge in [-0.15, -0.1) is 0 Å². The van der Waals surface area contributed by atoms with Crippen molar-refractivity contribution in [1.82, 2.24) is 4.90 Å². The van der Waals surface area contributed by atoms with E-state index in [0.29, 0.717) is 12.1 Å². The first-order valence-corrected chi connectivity index (χ1v) is 7.06. The van der Waals surface area contributed by atoms with Crippen molar-refractivity contribution < 1.29 is 9.59 Å². The molecule has 19 heavy (non-hydrogen) atoms. The van der Waals surface area contributed by atoms with Gasteiger partial charge in [-0.25, -0.2) is 0 Å². The summed E-state index contributed by atoms with van der Waals surface area (Å²) in [6.45, 7) is 5.70. The number of aldehydes is 1. The highest BCUT2D eigenvalue weighted by atomic mass is 79.9. The molecule has 0 saturated carbocycles. The molecule has 0 radical (unpaired) electrons. The molecular formula is C14H19BrN2O2. The van der Waals surface area contributed by atoms with Crippen molar-refractivity contribution in [3.8, 4) is 0 Å². The fraction of sp³-hybridized carbons (Fsp3) is 0.429. The van der Waals surface area contributed by atoms with Gasteiger partial charge in [0.2, 0.25) is 5.91 Å². The highest BCUT2D eigenvalue weighted by molar-refractivity contribution is 9.10. The van der Waals surface area contributed by atoms with Gasteiger partial charge < -0.3 is 9.80 Å². The highest BCUT2D eigenvalue weighted by Crippen LogP contribution is 2.22. The van der Waals surface area contributed by atoms with Crippen LogP contribution in [0.2, 0.25) is 0 Å². The molecule has 0 N–H and O–H groups in total. The van der Waals surface area contributed by atoms with E-state index in [2.05, 4.69) is 15.9 Å². The summed E-state index contributed by atoms with van der Waals surface area (Å²) in [6, 6.07) is 5.42. The molecule has 1 aromatic carbocycles. The van der Waals surface area contributed by atoms with E-state index in [0.717, 1.165) is 29.5 Å². The van der Waals surface area contributed by atoms with E-state index in [4.69, 9.17) is 0 Å². The lowest BCUT2D eigenvalue weighted by Crippen LogP contribution is -2.38. The zero-order chi connectivity index (χ0) is 14.4. The van der Waals surface area contributed by atoms with Crippen LogP contribution in [-0.2, 0) is 4.79 Å². The summed E-state index contributed by atoms with van der Waals surface area (Å²) in [6.07, 6.45) is 0.801. The van der Waals surface area contributed by atoms with E-state index >= 15 is 0 Å². The normalized spacial score (nSPS) is 10.1. The van der Waals surface area contributed by atoms with Crippen molar-refractivity contribution in [1.29, 1.82) is 0 Å². The number of nitrogens with zero attached hydrogens (tertiary/aromatic N) is 2. The van der Waals surface area contributed by atoms with E-state index in [1.165, 1.54) is 0 Å². The number of anilines is 1. The Kier molecular flexibility index (Phi) is 6.02. The smallest absolute Gasteiger partial charge is 0.242 e. The SMILES string of the molecule is CCN(CC)C(=O)CN(C)c1ccc(C=O)c(Br)c1. The van der Waals surface area contributed by atoms with E-state index < -0.39 is 0 Å².